The topological polar surface area (TPSA) is 55.1 Å². The molecule has 21 heavy (non-hydrogen) atoms. The zero-order valence-electron chi connectivity index (χ0n) is 15.0. The van der Waals surface area contributed by atoms with Crippen LogP contribution in [0.3, 0.4) is 0 Å². The summed E-state index contributed by atoms with van der Waals surface area (Å²) in [6.45, 7) is 9.85. The Morgan fingerprint density at radius 2 is 1.38 bits per heavy atom. The van der Waals surface area contributed by atoms with Crippen molar-refractivity contribution < 1.29 is 4.79 Å². The van der Waals surface area contributed by atoms with E-state index in [4.69, 9.17) is 5.73 Å². The molecule has 0 rings (SSSR count). The van der Waals surface area contributed by atoms with E-state index in [1.165, 1.54) is 51.4 Å². The van der Waals surface area contributed by atoms with Crippen molar-refractivity contribution in [1.29, 1.82) is 0 Å². The minimum absolute atomic E-state index is 0.159. The summed E-state index contributed by atoms with van der Waals surface area (Å²) in [7, 11) is 0. The first-order valence-electron chi connectivity index (χ1n) is 9.10. The molecule has 0 radical (unpaired) electrons. The van der Waals surface area contributed by atoms with Gasteiger partial charge in [-0.2, -0.15) is 0 Å². The molecule has 0 saturated heterocycles. The average Bonchev–Trinajstić information content (AvgIpc) is 2.46. The lowest BCUT2D eigenvalue weighted by Crippen LogP contribution is -2.24. The predicted molar refractivity (Wildman–Crippen MR) is 94.5 cm³/mol. The summed E-state index contributed by atoms with van der Waals surface area (Å²) < 4.78 is 0. The summed E-state index contributed by atoms with van der Waals surface area (Å²) in [5, 5.41) is 3.30. The molecule has 0 aromatic rings. The number of carbonyl (C=O) groups is 1. The van der Waals surface area contributed by atoms with Crippen LogP contribution in [-0.4, -0.2) is 18.5 Å². The van der Waals surface area contributed by atoms with E-state index in [9.17, 15) is 4.79 Å². The van der Waals surface area contributed by atoms with Gasteiger partial charge in [0.1, 0.15) is 0 Å². The van der Waals surface area contributed by atoms with Crippen LogP contribution in [0.4, 0.5) is 0 Å². The Balaban J connectivity index is 0. The number of rotatable bonds is 13. The van der Waals surface area contributed by atoms with Crippen molar-refractivity contribution in [2.75, 3.05) is 6.54 Å². The van der Waals surface area contributed by atoms with Crippen molar-refractivity contribution in [3.63, 3.8) is 0 Å². The maximum atomic E-state index is 10.4. The van der Waals surface area contributed by atoms with Gasteiger partial charge in [-0.3, -0.25) is 4.79 Å². The molecule has 0 fully saturated rings. The molecule has 0 spiro atoms. The number of amides is 1. The van der Waals surface area contributed by atoms with Gasteiger partial charge in [-0.25, -0.2) is 0 Å². The molecule has 0 heterocycles. The van der Waals surface area contributed by atoms with E-state index in [2.05, 4.69) is 33.0 Å². The van der Waals surface area contributed by atoms with Gasteiger partial charge < -0.3 is 11.1 Å². The van der Waals surface area contributed by atoms with Crippen LogP contribution in [0.2, 0.25) is 0 Å². The molecule has 0 bridgehead atoms. The molecule has 1 unspecified atom stereocenters. The highest BCUT2D eigenvalue weighted by atomic mass is 16.1. The number of hydrogen-bond donors (Lipinski definition) is 2. The molecular formula is C18H40N2O. The van der Waals surface area contributed by atoms with E-state index in [0.717, 1.165) is 19.4 Å². The Bertz CT molecular complexity index is 207. The molecule has 3 N–H and O–H groups in total. The summed E-state index contributed by atoms with van der Waals surface area (Å²) in [6, 6.07) is 0.699. The third-order valence-electron chi connectivity index (χ3n) is 3.69. The molecule has 0 saturated carbocycles. The highest BCUT2D eigenvalue weighted by molar-refractivity contribution is 5.73. The molecule has 128 valence electrons. The van der Waals surface area contributed by atoms with E-state index < -0.39 is 0 Å². The van der Waals surface area contributed by atoms with Crippen molar-refractivity contribution in [1.82, 2.24) is 5.32 Å². The maximum Gasteiger partial charge on any atom is 0.217 e. The fourth-order valence-corrected chi connectivity index (χ4v) is 2.10. The highest BCUT2D eigenvalue weighted by Gasteiger charge is 1.94. The number of primary amides is 1. The predicted octanol–water partition coefficient (Wildman–Crippen LogP) is 4.79. The lowest BCUT2D eigenvalue weighted by atomic mass is 10.1. The first-order valence-corrected chi connectivity index (χ1v) is 9.10. The summed E-state index contributed by atoms with van der Waals surface area (Å²) in [5.74, 6) is -0.159. The normalized spacial score (nSPS) is 11.6. The van der Waals surface area contributed by atoms with Gasteiger partial charge in [-0.05, 0) is 26.3 Å². The second-order valence-electron chi connectivity index (χ2n) is 5.91. The summed E-state index contributed by atoms with van der Waals surface area (Å²) in [5.41, 5.74) is 5.05. The Kier molecular flexibility index (Phi) is 21.0. The number of hydrogen-bond acceptors (Lipinski definition) is 2. The van der Waals surface area contributed by atoms with Gasteiger partial charge in [0.25, 0.3) is 0 Å². The van der Waals surface area contributed by atoms with Gasteiger partial charge in [0, 0.05) is 12.5 Å². The monoisotopic (exact) mass is 300 g/mol. The lowest BCUT2D eigenvalue weighted by Gasteiger charge is -2.06. The van der Waals surface area contributed by atoms with Crippen molar-refractivity contribution in [2.24, 2.45) is 5.73 Å². The van der Waals surface area contributed by atoms with E-state index in [-0.39, 0.29) is 5.91 Å². The van der Waals surface area contributed by atoms with E-state index in [1.807, 2.05) is 0 Å². The fourth-order valence-electron chi connectivity index (χ4n) is 2.10. The third-order valence-corrected chi connectivity index (χ3v) is 3.69. The average molecular weight is 301 g/mol. The van der Waals surface area contributed by atoms with Gasteiger partial charge in [0.05, 0.1) is 0 Å². The lowest BCUT2D eigenvalue weighted by molar-refractivity contribution is -0.118. The van der Waals surface area contributed by atoms with Crippen molar-refractivity contribution in [3.05, 3.63) is 0 Å². The Hall–Kier alpha value is -0.570. The highest BCUT2D eigenvalue weighted by Crippen LogP contribution is 2.10. The van der Waals surface area contributed by atoms with Gasteiger partial charge in [0.15, 0.2) is 0 Å². The minimum atomic E-state index is -0.159. The molecule has 3 nitrogen and oxygen atoms in total. The van der Waals surface area contributed by atoms with Gasteiger partial charge in [-0.1, -0.05) is 72.1 Å². The molecule has 1 amide bonds. The van der Waals surface area contributed by atoms with Crippen LogP contribution in [0.1, 0.15) is 98.3 Å². The SMILES string of the molecule is CCCCCCCCCCCC(N)=O.CCNC(C)CC. The Morgan fingerprint density at radius 3 is 1.71 bits per heavy atom. The summed E-state index contributed by atoms with van der Waals surface area (Å²) in [6.07, 6.45) is 13.3. The van der Waals surface area contributed by atoms with Crippen LogP contribution in [0.25, 0.3) is 0 Å². The second kappa shape index (κ2) is 19.4. The smallest absolute Gasteiger partial charge is 0.217 e. The van der Waals surface area contributed by atoms with Crippen LogP contribution in [0.5, 0.6) is 0 Å². The largest absolute Gasteiger partial charge is 0.370 e. The molecule has 3 heteroatoms. The van der Waals surface area contributed by atoms with Gasteiger partial charge >= 0.3 is 0 Å². The van der Waals surface area contributed by atoms with Crippen molar-refractivity contribution >= 4 is 5.91 Å². The number of unbranched alkanes of at least 4 members (excludes halogenated alkanes) is 8. The molecule has 0 aliphatic heterocycles. The van der Waals surface area contributed by atoms with Gasteiger partial charge in [-0.15, -0.1) is 0 Å². The molecule has 1 atom stereocenters. The molecule has 0 aliphatic rings. The minimum Gasteiger partial charge on any atom is -0.370 e. The zero-order chi connectivity index (χ0) is 16.3. The quantitative estimate of drug-likeness (QED) is 0.481. The van der Waals surface area contributed by atoms with Crippen LogP contribution < -0.4 is 11.1 Å². The summed E-state index contributed by atoms with van der Waals surface area (Å²) in [4.78, 5) is 10.4. The van der Waals surface area contributed by atoms with E-state index >= 15 is 0 Å². The molecule has 0 aliphatic carbocycles. The van der Waals surface area contributed by atoms with Crippen LogP contribution in [-0.2, 0) is 4.79 Å². The Labute approximate surface area is 133 Å². The van der Waals surface area contributed by atoms with Crippen LogP contribution in [0.15, 0.2) is 0 Å². The van der Waals surface area contributed by atoms with E-state index in [0.29, 0.717) is 12.5 Å². The Morgan fingerprint density at radius 1 is 0.905 bits per heavy atom. The number of nitrogens with two attached hydrogens (primary N) is 1. The van der Waals surface area contributed by atoms with E-state index in [1.54, 1.807) is 0 Å². The fraction of sp³-hybridized carbons (Fsp3) is 0.944. The zero-order valence-corrected chi connectivity index (χ0v) is 15.0. The maximum absolute atomic E-state index is 10.4. The third kappa shape index (κ3) is 24.8. The van der Waals surface area contributed by atoms with Crippen LogP contribution >= 0.6 is 0 Å². The van der Waals surface area contributed by atoms with Crippen LogP contribution in [0, 0.1) is 0 Å². The second-order valence-corrected chi connectivity index (χ2v) is 5.91. The van der Waals surface area contributed by atoms with Gasteiger partial charge in [0.2, 0.25) is 5.91 Å². The number of nitrogens with one attached hydrogen (secondary N) is 1. The standard InChI is InChI=1S/C12H25NO.C6H15N/c1-2-3-4-5-6-7-8-9-10-11-12(13)14;1-4-6(3)7-5-2/h2-11H2,1H3,(H2,13,14);6-7H,4-5H2,1-3H3. The molecular weight excluding hydrogens is 260 g/mol. The molecule has 0 aromatic heterocycles. The first-order chi connectivity index (χ1) is 10.1. The van der Waals surface area contributed by atoms with Crippen molar-refractivity contribution in [2.45, 2.75) is 104 Å². The van der Waals surface area contributed by atoms with Crippen molar-refractivity contribution in [3.8, 4) is 0 Å². The number of carbonyl (C=O) groups excluding carboxylic acids is 1. The first kappa shape index (κ1) is 22.7. The summed E-state index contributed by atoms with van der Waals surface area (Å²) >= 11 is 0. The molecule has 0 aromatic carbocycles.